The van der Waals surface area contributed by atoms with Crippen molar-refractivity contribution in [3.63, 3.8) is 0 Å². The number of hydrogen-bond acceptors (Lipinski definition) is 16. The highest BCUT2D eigenvalue weighted by Crippen LogP contribution is 2.32. The van der Waals surface area contributed by atoms with Gasteiger partial charge in [-0.3, -0.25) is 52.8 Å². The number of carbonyl (C=O) groups excluding carboxylic acids is 12. The van der Waals surface area contributed by atoms with E-state index in [1.54, 1.807) is 67.1 Å². The molecule has 1 unspecified atom stereocenters. The van der Waals surface area contributed by atoms with Gasteiger partial charge >= 0.3 is 12.1 Å². The fourth-order valence-electron chi connectivity index (χ4n) is 13.5. The van der Waals surface area contributed by atoms with Gasteiger partial charge in [0.05, 0.1) is 60.9 Å². The summed E-state index contributed by atoms with van der Waals surface area (Å²) in [6.45, 7) is 20.3. The Labute approximate surface area is 574 Å². The molecule has 24 heteroatoms. The number of amides is 9. The molecule has 6 N–H and O–H groups in total. The van der Waals surface area contributed by atoms with Crippen LogP contribution in [-0.4, -0.2) is 186 Å². The summed E-state index contributed by atoms with van der Waals surface area (Å²) in [5.41, 5.74) is 7.12. The fourth-order valence-corrected chi connectivity index (χ4v) is 13.5. The molecule has 0 saturated carbocycles. The average molecular weight is 1360 g/mol. The van der Waals surface area contributed by atoms with Crippen molar-refractivity contribution in [2.24, 2.45) is 53.1 Å². The van der Waals surface area contributed by atoms with Crippen molar-refractivity contribution >= 4 is 70.7 Å². The number of nitrogens with zero attached hydrogens (tertiary/aromatic N) is 4. The zero-order chi connectivity index (χ0) is 72.5. The lowest BCUT2D eigenvalue weighted by Crippen LogP contribution is -2.55. The van der Waals surface area contributed by atoms with E-state index in [2.05, 4.69) is 16.0 Å². The van der Waals surface area contributed by atoms with E-state index in [9.17, 15) is 62.6 Å². The highest BCUT2D eigenvalue weighted by molar-refractivity contribution is 6.13. The van der Waals surface area contributed by atoms with Crippen LogP contribution in [0.15, 0.2) is 54.6 Å². The number of imide groups is 1. The highest BCUT2D eigenvalue weighted by Gasteiger charge is 2.45. The van der Waals surface area contributed by atoms with Crippen molar-refractivity contribution in [3.05, 3.63) is 71.3 Å². The molecule has 0 aliphatic carbocycles. The number of benzene rings is 2. The number of unbranched alkanes of at least 4 members (excludes halogenated alkanes) is 2. The normalized spacial score (nSPS) is 18.3. The Morgan fingerprint density at radius 3 is 1.94 bits per heavy atom. The summed E-state index contributed by atoms with van der Waals surface area (Å²) < 4.78 is 17.8. The number of likely N-dealkylation sites (tertiary alicyclic amines) is 2. The highest BCUT2D eigenvalue weighted by atomic mass is 16.6. The number of primary amides is 1. The second-order valence-electron chi connectivity index (χ2n) is 27.7. The lowest BCUT2D eigenvalue weighted by atomic mass is 9.83. The standard InChI is InChI=1S/C73H112N8O16/c1-16-46(8)65(61(95-14)41-63(87)80-36-24-29-58(80)67(96-15)47(9)68(89)76-48(10)66(88)52-25-19-17-20-26-52)78(12)70(91)55(44(4)5)39-60(85)64(45(6)7)79(13)73(94)97-42-51-32-30-50(31-33-51)37-59(84)57(28-23-34-75-72(74)93)77-69(90)54(43(2)3)38-53(83)27-21-18-22-35-81-62(86)40-56(49(11)82)71(81)92/h17,19-20,25-26,30-33,43-48,54-58,61,64-67,88H,16,18,21-24,27-29,34-42H2,1-15H3,(H,76,89)(H,77,90)(H3,74,75,93)/t46-,47+,48+,54-,55-,56?,57-,58-,61+,64-,65-,66+,67+/m0/s1. The number of rotatable bonds is 42. The van der Waals surface area contributed by atoms with Crippen LogP contribution in [-0.2, 0) is 75.2 Å². The maximum atomic E-state index is 14.9. The minimum atomic E-state index is -0.978. The number of nitrogens with one attached hydrogen (secondary N) is 3. The van der Waals surface area contributed by atoms with Crippen LogP contribution in [0.2, 0.25) is 0 Å². The molecule has 24 nitrogen and oxygen atoms in total. The first kappa shape index (κ1) is 82.0. The number of urea groups is 1. The summed E-state index contributed by atoms with van der Waals surface area (Å²) in [7, 11) is 6.19. The molecule has 2 aromatic rings. The number of methoxy groups -OCH3 is 2. The second kappa shape index (κ2) is 39.8. The number of Topliss-reactive ketones (excluding diaryl/α,β-unsaturated/α-hetero) is 4. The van der Waals surface area contributed by atoms with Crippen LogP contribution in [0.3, 0.4) is 0 Å². The van der Waals surface area contributed by atoms with Crippen molar-refractivity contribution in [1.29, 1.82) is 0 Å². The topological polar surface area (TPSA) is 328 Å². The monoisotopic (exact) mass is 1360 g/mol. The summed E-state index contributed by atoms with van der Waals surface area (Å²) in [6.07, 6.45) is 0.371. The molecule has 2 aromatic carbocycles. The van der Waals surface area contributed by atoms with Crippen LogP contribution >= 0.6 is 0 Å². The van der Waals surface area contributed by atoms with Gasteiger partial charge in [0.1, 0.15) is 24.1 Å². The summed E-state index contributed by atoms with van der Waals surface area (Å²) in [6, 6.07) is 11.6. The lowest BCUT2D eigenvalue weighted by Gasteiger charge is -2.41. The Bertz CT molecular complexity index is 2980. The molecule has 2 saturated heterocycles. The molecule has 2 fully saturated rings. The second-order valence-corrected chi connectivity index (χ2v) is 27.7. The lowest BCUT2D eigenvalue weighted by molar-refractivity contribution is -0.149. The molecule has 2 aliphatic rings. The van der Waals surface area contributed by atoms with Gasteiger partial charge < -0.3 is 55.7 Å². The summed E-state index contributed by atoms with van der Waals surface area (Å²) in [5, 5.41) is 19.3. The molecule has 4 rings (SSSR count). The number of aliphatic hydroxyl groups is 1. The fraction of sp³-hybridized carbons (Fsp3) is 0.671. The molecule has 2 heterocycles. The zero-order valence-corrected chi connectivity index (χ0v) is 60.1. The summed E-state index contributed by atoms with van der Waals surface area (Å²) in [4.78, 5) is 166. The van der Waals surface area contributed by atoms with Gasteiger partial charge in [0.15, 0.2) is 11.6 Å². The van der Waals surface area contributed by atoms with Crippen molar-refractivity contribution in [1.82, 2.24) is 35.6 Å². The predicted molar refractivity (Wildman–Crippen MR) is 365 cm³/mol. The number of nitrogens with two attached hydrogens (primary N) is 1. The Hall–Kier alpha value is -7.44. The number of carbonyl (C=O) groups is 12. The van der Waals surface area contributed by atoms with E-state index >= 15 is 0 Å². The quantitative estimate of drug-likeness (QED) is 0.0244. The number of ketones is 4. The predicted octanol–water partition coefficient (Wildman–Crippen LogP) is 7.47. The third-order valence-corrected chi connectivity index (χ3v) is 19.6. The van der Waals surface area contributed by atoms with Gasteiger partial charge in [-0.25, -0.2) is 9.59 Å². The molecule has 0 spiro atoms. The first-order valence-electron chi connectivity index (χ1n) is 34.7. The van der Waals surface area contributed by atoms with Gasteiger partial charge in [-0.1, -0.05) is 130 Å². The third-order valence-electron chi connectivity index (χ3n) is 19.6. The van der Waals surface area contributed by atoms with Crippen molar-refractivity contribution in [2.75, 3.05) is 47.9 Å². The number of aliphatic hydroxyl groups excluding tert-OH is 1. The van der Waals surface area contributed by atoms with E-state index < -0.39 is 96.1 Å². The molecule has 97 heavy (non-hydrogen) atoms. The first-order chi connectivity index (χ1) is 45.8. The maximum absolute atomic E-state index is 14.9. The number of hydrogen-bond donors (Lipinski definition) is 5. The van der Waals surface area contributed by atoms with E-state index in [-0.39, 0.29) is 135 Å². The molecule has 0 bridgehead atoms. The largest absolute Gasteiger partial charge is 0.445 e. The van der Waals surface area contributed by atoms with Crippen LogP contribution < -0.4 is 21.7 Å². The molecular formula is C73H112N8O16. The van der Waals surface area contributed by atoms with Crippen molar-refractivity contribution in [2.45, 2.75) is 221 Å². The molecule has 0 radical (unpaired) electrons. The third kappa shape index (κ3) is 23.9. The molecule has 540 valence electrons. The minimum absolute atomic E-state index is 0.0670. The van der Waals surface area contributed by atoms with Gasteiger partial charge in [0, 0.05) is 91.9 Å². The molecular weight excluding hydrogens is 1240 g/mol. The smallest absolute Gasteiger partial charge is 0.410 e. The van der Waals surface area contributed by atoms with Crippen LogP contribution in [0.1, 0.15) is 182 Å². The number of ether oxygens (including phenoxy) is 3. The van der Waals surface area contributed by atoms with Crippen molar-refractivity contribution in [3.8, 4) is 0 Å². The summed E-state index contributed by atoms with van der Waals surface area (Å²) >= 11 is 0. The molecule has 0 aromatic heterocycles. The van der Waals surface area contributed by atoms with Crippen LogP contribution in [0.5, 0.6) is 0 Å². The Morgan fingerprint density at radius 1 is 0.732 bits per heavy atom. The first-order valence-corrected chi connectivity index (χ1v) is 34.7. The van der Waals surface area contributed by atoms with Crippen molar-refractivity contribution < 1.29 is 76.9 Å². The zero-order valence-electron chi connectivity index (χ0n) is 60.1. The Morgan fingerprint density at radius 2 is 1.37 bits per heavy atom. The molecule has 9 amide bonds. The Balaban J connectivity index is 1.37. The van der Waals surface area contributed by atoms with Gasteiger partial charge in [-0.15, -0.1) is 0 Å². The van der Waals surface area contributed by atoms with E-state index in [1.165, 1.54) is 33.1 Å². The van der Waals surface area contributed by atoms with Gasteiger partial charge in [0.25, 0.3) is 0 Å². The SMILES string of the molecule is CC[C@H](C)[C@@H]([C@@H](CC(=O)N1CCC[C@H]1[C@H](OC)[C@@H](C)C(=O)N[C@H](C)[C@@H](O)c1ccccc1)OC)N(C)C(=O)[C@@H](CC(=O)[C@H](C(C)C)N(C)C(=O)OCc1ccc(CC(=O)[C@H](CCCNC(N)=O)NC(=O)[C@@H](CC(=O)CCCCCN2C(=O)CC(C(C)=O)C2=O)C(C)C)cc1)C(C)C. The van der Waals surface area contributed by atoms with E-state index in [0.29, 0.717) is 68.2 Å². The van der Waals surface area contributed by atoms with Crippen LogP contribution in [0.4, 0.5) is 9.59 Å². The van der Waals surface area contributed by atoms with Gasteiger partial charge in [-0.2, -0.15) is 0 Å². The molecule has 2 aliphatic heterocycles. The van der Waals surface area contributed by atoms with Crippen LogP contribution in [0.25, 0.3) is 0 Å². The maximum Gasteiger partial charge on any atom is 0.410 e. The Kier molecular flexibility index (Phi) is 33.7. The average Bonchev–Trinajstić information content (AvgIpc) is 1.81. The van der Waals surface area contributed by atoms with Gasteiger partial charge in [-0.05, 0) is 92.7 Å². The number of likely N-dealkylation sites (N-methyl/N-ethyl adjacent to an activating group) is 2. The van der Waals surface area contributed by atoms with Gasteiger partial charge in [0.2, 0.25) is 35.4 Å². The van der Waals surface area contributed by atoms with E-state index in [4.69, 9.17) is 19.9 Å². The van der Waals surface area contributed by atoms with E-state index in [1.807, 2.05) is 73.6 Å². The minimum Gasteiger partial charge on any atom is -0.445 e. The van der Waals surface area contributed by atoms with E-state index in [0.717, 1.165) is 4.90 Å². The molecule has 13 atom stereocenters. The summed E-state index contributed by atoms with van der Waals surface area (Å²) in [5.74, 6) is -7.63. The van der Waals surface area contributed by atoms with Crippen LogP contribution in [0, 0.1) is 47.3 Å².